The molecule has 0 bridgehead atoms. The number of esters is 1. The van der Waals surface area contributed by atoms with Gasteiger partial charge in [0, 0.05) is 29.4 Å². The molecular formula is C22H22N6O4. The van der Waals surface area contributed by atoms with E-state index in [1.807, 2.05) is 19.9 Å². The van der Waals surface area contributed by atoms with Crippen molar-refractivity contribution < 1.29 is 18.8 Å². The van der Waals surface area contributed by atoms with Gasteiger partial charge in [0.2, 0.25) is 6.10 Å². The monoisotopic (exact) mass is 434 g/mol. The van der Waals surface area contributed by atoms with Crippen molar-refractivity contribution in [1.82, 2.24) is 24.7 Å². The number of hydrogen-bond acceptors (Lipinski definition) is 8. The first kappa shape index (κ1) is 21.2. The van der Waals surface area contributed by atoms with E-state index in [-0.39, 0.29) is 12.2 Å². The number of nitrogens with one attached hydrogen (secondary N) is 1. The minimum Gasteiger partial charge on any atom is -0.447 e. The largest absolute Gasteiger partial charge is 0.447 e. The summed E-state index contributed by atoms with van der Waals surface area (Å²) in [4.78, 5) is 34.1. The summed E-state index contributed by atoms with van der Waals surface area (Å²) < 4.78 is 12.2. The van der Waals surface area contributed by atoms with Crippen molar-refractivity contribution in [2.75, 3.05) is 5.32 Å². The Labute approximate surface area is 183 Å². The number of amides is 1. The third-order valence-corrected chi connectivity index (χ3v) is 5.04. The van der Waals surface area contributed by atoms with Crippen LogP contribution in [-0.2, 0) is 20.7 Å². The lowest BCUT2D eigenvalue weighted by Crippen LogP contribution is -2.26. The molecule has 0 saturated heterocycles. The second-order valence-corrected chi connectivity index (χ2v) is 7.33. The van der Waals surface area contributed by atoms with Gasteiger partial charge in [0.25, 0.3) is 11.7 Å². The first-order valence-electron chi connectivity index (χ1n) is 10.1. The van der Waals surface area contributed by atoms with E-state index in [2.05, 4.69) is 25.5 Å². The number of carbonyl (C=O) groups excluding carboxylic acids is 2. The van der Waals surface area contributed by atoms with Crippen LogP contribution in [0.1, 0.15) is 40.8 Å². The lowest BCUT2D eigenvalue weighted by molar-refractivity contribution is -0.154. The van der Waals surface area contributed by atoms with E-state index < -0.39 is 18.0 Å². The molecule has 3 heterocycles. The zero-order chi connectivity index (χ0) is 22.7. The molecule has 1 N–H and O–H groups in total. The van der Waals surface area contributed by atoms with Gasteiger partial charge in [0.15, 0.2) is 5.82 Å². The van der Waals surface area contributed by atoms with Crippen molar-refractivity contribution in [1.29, 1.82) is 0 Å². The smallest absolute Gasteiger partial charge is 0.307 e. The van der Waals surface area contributed by atoms with Gasteiger partial charge in [-0.1, -0.05) is 35.5 Å². The number of benzene rings is 1. The third-order valence-electron chi connectivity index (χ3n) is 5.04. The lowest BCUT2D eigenvalue weighted by atomic mass is 10.1. The summed E-state index contributed by atoms with van der Waals surface area (Å²) in [7, 11) is 0. The number of rotatable bonds is 7. The summed E-state index contributed by atoms with van der Waals surface area (Å²) in [6, 6.07) is 10.4. The number of aryl methyl sites for hydroxylation is 3. The molecule has 0 saturated carbocycles. The second kappa shape index (κ2) is 8.96. The van der Waals surface area contributed by atoms with Gasteiger partial charge in [-0.15, -0.1) is 0 Å². The molecule has 3 aromatic heterocycles. The number of hydrogen-bond donors (Lipinski definition) is 1. The number of anilines is 1. The van der Waals surface area contributed by atoms with Crippen molar-refractivity contribution in [3.63, 3.8) is 0 Å². The predicted octanol–water partition coefficient (Wildman–Crippen LogP) is 2.89. The Morgan fingerprint density at radius 1 is 1.19 bits per heavy atom. The molecule has 1 aromatic carbocycles. The Bertz CT molecular complexity index is 1260. The summed E-state index contributed by atoms with van der Waals surface area (Å²) in [6.07, 6.45) is 0.777. The van der Waals surface area contributed by atoms with Crippen molar-refractivity contribution in [2.24, 2.45) is 0 Å². The molecule has 1 unspecified atom stereocenters. The summed E-state index contributed by atoms with van der Waals surface area (Å²) in [5.74, 6) is 0.286. The Hall–Kier alpha value is -4.08. The molecule has 0 spiro atoms. The van der Waals surface area contributed by atoms with Gasteiger partial charge < -0.3 is 14.6 Å². The molecule has 1 amide bonds. The van der Waals surface area contributed by atoms with Crippen molar-refractivity contribution >= 4 is 23.5 Å². The first-order valence-corrected chi connectivity index (χ1v) is 10.1. The van der Waals surface area contributed by atoms with Crippen LogP contribution < -0.4 is 5.32 Å². The number of ether oxygens (including phenoxy) is 1. The average molecular weight is 434 g/mol. The Balaban J connectivity index is 1.48. The standard InChI is InChI=1S/C22H22N6O4/c1-13-11-18(27-32-13)26-21(30)20(16-7-5-4-6-8-16)31-19(29)10-9-17-14(2)25-22-23-12-24-28(22)15(17)3/h4-8,11-12,20H,9-10H2,1-3H3,(H,26,27,30). The third kappa shape index (κ3) is 4.48. The molecule has 4 aromatic rings. The van der Waals surface area contributed by atoms with Crippen molar-refractivity contribution in [2.45, 2.75) is 39.7 Å². The Kier molecular flexibility index (Phi) is 5.93. The SMILES string of the molecule is Cc1cc(NC(=O)C(OC(=O)CCc2c(C)nc3ncnn3c2C)c2ccccc2)no1. The van der Waals surface area contributed by atoms with E-state index in [4.69, 9.17) is 9.26 Å². The molecular weight excluding hydrogens is 412 g/mol. The molecule has 164 valence electrons. The highest BCUT2D eigenvalue weighted by molar-refractivity contribution is 5.95. The fraction of sp³-hybridized carbons (Fsp3) is 0.273. The Morgan fingerprint density at radius 2 is 1.97 bits per heavy atom. The molecule has 4 rings (SSSR count). The topological polar surface area (TPSA) is 125 Å². The number of aromatic nitrogens is 5. The molecule has 10 heteroatoms. The maximum absolute atomic E-state index is 12.9. The fourth-order valence-corrected chi connectivity index (χ4v) is 3.45. The van der Waals surface area contributed by atoms with Gasteiger partial charge in [0.05, 0.1) is 0 Å². The lowest BCUT2D eigenvalue weighted by Gasteiger charge is -2.17. The molecule has 10 nitrogen and oxygen atoms in total. The maximum atomic E-state index is 12.9. The van der Waals surface area contributed by atoms with E-state index in [1.54, 1.807) is 41.8 Å². The van der Waals surface area contributed by atoms with Crippen LogP contribution in [0.15, 0.2) is 47.2 Å². The minimum atomic E-state index is -1.13. The van der Waals surface area contributed by atoms with Crippen LogP contribution in [0.2, 0.25) is 0 Å². The fourth-order valence-electron chi connectivity index (χ4n) is 3.45. The van der Waals surface area contributed by atoms with E-state index in [0.29, 0.717) is 23.5 Å². The van der Waals surface area contributed by atoms with E-state index in [1.165, 1.54) is 6.33 Å². The molecule has 0 aliphatic carbocycles. The number of carbonyl (C=O) groups is 2. The zero-order valence-electron chi connectivity index (χ0n) is 17.9. The van der Waals surface area contributed by atoms with Crippen LogP contribution in [0.3, 0.4) is 0 Å². The summed E-state index contributed by atoms with van der Waals surface area (Å²) in [5.41, 5.74) is 3.07. The van der Waals surface area contributed by atoms with Gasteiger partial charge in [-0.2, -0.15) is 10.1 Å². The van der Waals surface area contributed by atoms with Gasteiger partial charge in [0.1, 0.15) is 12.1 Å². The van der Waals surface area contributed by atoms with Crippen LogP contribution in [0.4, 0.5) is 5.82 Å². The number of fused-ring (bicyclic) bond motifs is 1. The zero-order valence-corrected chi connectivity index (χ0v) is 17.9. The molecule has 0 aliphatic rings. The Morgan fingerprint density at radius 3 is 2.69 bits per heavy atom. The minimum absolute atomic E-state index is 0.0727. The van der Waals surface area contributed by atoms with Gasteiger partial charge in [-0.25, -0.2) is 9.50 Å². The van der Waals surface area contributed by atoms with Crippen molar-refractivity contribution in [3.05, 3.63) is 71.0 Å². The van der Waals surface area contributed by atoms with E-state index >= 15 is 0 Å². The van der Waals surface area contributed by atoms with Crippen LogP contribution >= 0.6 is 0 Å². The molecule has 32 heavy (non-hydrogen) atoms. The summed E-state index contributed by atoms with van der Waals surface area (Å²) >= 11 is 0. The van der Waals surface area contributed by atoms with E-state index in [0.717, 1.165) is 17.0 Å². The van der Waals surface area contributed by atoms with Gasteiger partial charge >= 0.3 is 5.97 Å². The van der Waals surface area contributed by atoms with Crippen LogP contribution in [0.5, 0.6) is 0 Å². The normalized spacial score (nSPS) is 12.0. The second-order valence-electron chi connectivity index (χ2n) is 7.33. The first-order chi connectivity index (χ1) is 15.4. The van der Waals surface area contributed by atoms with Crippen LogP contribution in [-0.4, -0.2) is 36.6 Å². The van der Waals surface area contributed by atoms with Gasteiger partial charge in [-0.3, -0.25) is 9.59 Å². The quantitative estimate of drug-likeness (QED) is 0.440. The maximum Gasteiger partial charge on any atom is 0.307 e. The van der Waals surface area contributed by atoms with Crippen molar-refractivity contribution in [3.8, 4) is 0 Å². The van der Waals surface area contributed by atoms with Gasteiger partial charge in [-0.05, 0) is 32.8 Å². The average Bonchev–Trinajstić information content (AvgIpc) is 3.41. The highest BCUT2D eigenvalue weighted by Gasteiger charge is 2.26. The molecule has 1 atom stereocenters. The van der Waals surface area contributed by atoms with Crippen LogP contribution in [0.25, 0.3) is 5.78 Å². The highest BCUT2D eigenvalue weighted by Crippen LogP contribution is 2.22. The molecule has 0 radical (unpaired) electrons. The van der Waals surface area contributed by atoms with Crippen LogP contribution in [0, 0.1) is 20.8 Å². The number of nitrogens with zero attached hydrogens (tertiary/aromatic N) is 5. The summed E-state index contributed by atoms with van der Waals surface area (Å²) in [5, 5.41) is 10.5. The highest BCUT2D eigenvalue weighted by atomic mass is 16.5. The van der Waals surface area contributed by atoms with E-state index in [9.17, 15) is 9.59 Å². The summed E-state index contributed by atoms with van der Waals surface area (Å²) in [6.45, 7) is 5.48. The molecule has 0 aliphatic heterocycles. The molecule has 0 fully saturated rings. The predicted molar refractivity (Wildman–Crippen MR) is 114 cm³/mol.